The largest absolute Gasteiger partial charge is 0.488 e. The van der Waals surface area contributed by atoms with E-state index >= 15 is 0 Å². The highest BCUT2D eigenvalue weighted by atomic mass is 16.6. The summed E-state index contributed by atoms with van der Waals surface area (Å²) in [7, 11) is 0. The van der Waals surface area contributed by atoms with Gasteiger partial charge in [0, 0.05) is 17.7 Å². The lowest BCUT2D eigenvalue weighted by molar-refractivity contribution is 0.0584. The van der Waals surface area contributed by atoms with Gasteiger partial charge in [0.05, 0.1) is 5.69 Å². The van der Waals surface area contributed by atoms with Crippen molar-refractivity contribution in [3.63, 3.8) is 0 Å². The van der Waals surface area contributed by atoms with E-state index in [4.69, 9.17) is 9.47 Å². The van der Waals surface area contributed by atoms with Crippen molar-refractivity contribution < 1.29 is 14.3 Å². The molecule has 0 fully saturated rings. The summed E-state index contributed by atoms with van der Waals surface area (Å²) in [6.45, 7) is 6.67. The van der Waals surface area contributed by atoms with Crippen molar-refractivity contribution >= 4 is 23.9 Å². The van der Waals surface area contributed by atoms with Gasteiger partial charge in [-0.3, -0.25) is 4.90 Å². The standard InChI is InChI=1S/C17H19NO3/c1-17(2,3)21-16(19)18-10-4-7-13-14(18)9-8-12-6-5-11-20-15(12)13/h4-9H,10-11H2,1-3H3. The molecule has 0 spiro atoms. The van der Waals surface area contributed by atoms with Crippen molar-refractivity contribution in [2.45, 2.75) is 26.4 Å². The second-order valence-corrected chi connectivity index (χ2v) is 6.12. The lowest BCUT2D eigenvalue weighted by Gasteiger charge is -2.30. The van der Waals surface area contributed by atoms with E-state index in [1.165, 1.54) is 0 Å². The predicted octanol–water partition coefficient (Wildman–Crippen LogP) is 3.86. The highest BCUT2D eigenvalue weighted by Crippen LogP contribution is 2.38. The second kappa shape index (κ2) is 4.95. The van der Waals surface area contributed by atoms with Gasteiger partial charge >= 0.3 is 6.09 Å². The van der Waals surface area contributed by atoms with Crippen LogP contribution in [-0.2, 0) is 4.74 Å². The van der Waals surface area contributed by atoms with Gasteiger partial charge in [0.25, 0.3) is 0 Å². The molecule has 0 saturated carbocycles. The van der Waals surface area contributed by atoms with Crippen LogP contribution in [0.5, 0.6) is 5.75 Å². The molecule has 2 heterocycles. The van der Waals surface area contributed by atoms with Crippen molar-refractivity contribution in [1.82, 2.24) is 0 Å². The van der Waals surface area contributed by atoms with Crippen LogP contribution in [0.2, 0.25) is 0 Å². The molecule has 1 amide bonds. The normalized spacial score (nSPS) is 16.0. The molecule has 4 nitrogen and oxygen atoms in total. The van der Waals surface area contributed by atoms with Crippen molar-refractivity contribution in [3.05, 3.63) is 35.4 Å². The Balaban J connectivity index is 1.98. The van der Waals surface area contributed by atoms with E-state index < -0.39 is 5.60 Å². The molecule has 0 atom stereocenters. The zero-order valence-electron chi connectivity index (χ0n) is 12.6. The van der Waals surface area contributed by atoms with Crippen LogP contribution in [0.3, 0.4) is 0 Å². The third kappa shape index (κ3) is 2.66. The van der Waals surface area contributed by atoms with Gasteiger partial charge in [-0.25, -0.2) is 4.79 Å². The Morgan fingerprint density at radius 2 is 2.05 bits per heavy atom. The van der Waals surface area contributed by atoms with Gasteiger partial charge in [0.15, 0.2) is 0 Å². The Labute approximate surface area is 124 Å². The molecule has 0 bridgehead atoms. The van der Waals surface area contributed by atoms with Crippen LogP contribution in [0, 0.1) is 0 Å². The number of nitrogens with zero attached hydrogens (tertiary/aromatic N) is 1. The fourth-order valence-electron chi connectivity index (χ4n) is 2.47. The van der Waals surface area contributed by atoms with Crippen LogP contribution in [-0.4, -0.2) is 24.8 Å². The number of amides is 1. The number of hydrogen-bond donors (Lipinski definition) is 0. The Hall–Kier alpha value is -2.23. The third-order valence-corrected chi connectivity index (χ3v) is 3.30. The van der Waals surface area contributed by atoms with Crippen LogP contribution in [0.1, 0.15) is 31.9 Å². The van der Waals surface area contributed by atoms with Crippen LogP contribution in [0.15, 0.2) is 24.3 Å². The summed E-state index contributed by atoms with van der Waals surface area (Å²) in [6, 6.07) is 3.92. The minimum absolute atomic E-state index is 0.334. The fraction of sp³-hybridized carbons (Fsp3) is 0.353. The molecule has 0 aromatic heterocycles. The number of anilines is 1. The average Bonchev–Trinajstić information content (AvgIpc) is 2.44. The van der Waals surface area contributed by atoms with E-state index in [-0.39, 0.29) is 6.09 Å². The molecule has 110 valence electrons. The van der Waals surface area contributed by atoms with Gasteiger partial charge in [0.1, 0.15) is 18.0 Å². The first-order chi connectivity index (χ1) is 9.96. The van der Waals surface area contributed by atoms with E-state index in [0.29, 0.717) is 13.2 Å². The molecule has 0 radical (unpaired) electrons. The van der Waals surface area contributed by atoms with Crippen LogP contribution >= 0.6 is 0 Å². The molecule has 2 aliphatic rings. The summed E-state index contributed by atoms with van der Waals surface area (Å²) < 4.78 is 11.2. The van der Waals surface area contributed by atoms with E-state index in [0.717, 1.165) is 22.6 Å². The van der Waals surface area contributed by atoms with Gasteiger partial charge < -0.3 is 9.47 Å². The van der Waals surface area contributed by atoms with E-state index in [1.807, 2.05) is 57.2 Å². The predicted molar refractivity (Wildman–Crippen MR) is 83.6 cm³/mol. The minimum Gasteiger partial charge on any atom is -0.488 e. The molecule has 0 aliphatic carbocycles. The molecule has 21 heavy (non-hydrogen) atoms. The zero-order valence-corrected chi connectivity index (χ0v) is 12.6. The van der Waals surface area contributed by atoms with E-state index in [9.17, 15) is 4.79 Å². The van der Waals surface area contributed by atoms with Gasteiger partial charge in [-0.15, -0.1) is 0 Å². The Kier molecular flexibility index (Phi) is 3.24. The highest BCUT2D eigenvalue weighted by molar-refractivity contribution is 5.95. The summed E-state index contributed by atoms with van der Waals surface area (Å²) in [4.78, 5) is 14.0. The first-order valence-electron chi connectivity index (χ1n) is 7.09. The topological polar surface area (TPSA) is 38.8 Å². The first kappa shape index (κ1) is 13.7. The smallest absolute Gasteiger partial charge is 0.415 e. The summed E-state index contributed by atoms with van der Waals surface area (Å²) in [5.41, 5.74) is 2.30. The lowest BCUT2D eigenvalue weighted by atomic mass is 10.0. The fourth-order valence-corrected chi connectivity index (χ4v) is 2.47. The summed E-state index contributed by atoms with van der Waals surface area (Å²) in [6.07, 6.45) is 7.65. The highest BCUT2D eigenvalue weighted by Gasteiger charge is 2.27. The molecule has 2 aliphatic heterocycles. The van der Waals surface area contributed by atoms with Crippen molar-refractivity contribution in [1.29, 1.82) is 0 Å². The number of carbonyl (C=O) groups is 1. The molecular weight excluding hydrogens is 266 g/mol. The Bertz CT molecular complexity index is 638. The van der Waals surface area contributed by atoms with Gasteiger partial charge in [-0.1, -0.05) is 18.2 Å². The number of fused-ring (bicyclic) bond motifs is 3. The quantitative estimate of drug-likeness (QED) is 0.726. The molecule has 3 rings (SSSR count). The molecular formula is C17H19NO3. The molecule has 1 aromatic carbocycles. The summed E-state index contributed by atoms with van der Waals surface area (Å²) in [5.74, 6) is 0.833. The SMILES string of the molecule is CC(C)(C)OC(=O)N1CC=Cc2c1ccc1c2OCC=C1. The van der Waals surface area contributed by atoms with Crippen molar-refractivity contribution in [2.24, 2.45) is 0 Å². The molecule has 0 N–H and O–H groups in total. The van der Waals surface area contributed by atoms with Gasteiger partial charge in [-0.2, -0.15) is 0 Å². The number of benzene rings is 1. The van der Waals surface area contributed by atoms with Crippen molar-refractivity contribution in [3.8, 4) is 5.75 Å². The minimum atomic E-state index is -0.508. The van der Waals surface area contributed by atoms with E-state index in [1.54, 1.807) is 4.90 Å². The molecule has 0 saturated heterocycles. The zero-order chi connectivity index (χ0) is 15.0. The summed E-state index contributed by atoms with van der Waals surface area (Å²) in [5, 5.41) is 0. The number of rotatable bonds is 0. The Morgan fingerprint density at radius 1 is 1.24 bits per heavy atom. The molecule has 4 heteroatoms. The Morgan fingerprint density at radius 3 is 2.81 bits per heavy atom. The number of hydrogen-bond acceptors (Lipinski definition) is 3. The van der Waals surface area contributed by atoms with Crippen LogP contribution in [0.4, 0.5) is 10.5 Å². The third-order valence-electron chi connectivity index (χ3n) is 3.30. The van der Waals surface area contributed by atoms with E-state index in [2.05, 4.69) is 0 Å². The van der Waals surface area contributed by atoms with Crippen LogP contribution < -0.4 is 9.64 Å². The summed E-state index contributed by atoms with van der Waals surface area (Å²) >= 11 is 0. The number of carbonyl (C=O) groups excluding carboxylic acids is 1. The lowest BCUT2D eigenvalue weighted by Crippen LogP contribution is -2.38. The molecule has 0 unspecified atom stereocenters. The van der Waals surface area contributed by atoms with Gasteiger partial charge in [-0.05, 0) is 39.0 Å². The maximum atomic E-state index is 12.4. The maximum absolute atomic E-state index is 12.4. The van der Waals surface area contributed by atoms with Crippen molar-refractivity contribution in [2.75, 3.05) is 18.1 Å². The maximum Gasteiger partial charge on any atom is 0.415 e. The number of ether oxygens (including phenoxy) is 2. The monoisotopic (exact) mass is 285 g/mol. The molecule has 1 aromatic rings. The second-order valence-electron chi connectivity index (χ2n) is 6.12. The first-order valence-corrected chi connectivity index (χ1v) is 7.09. The average molecular weight is 285 g/mol. The van der Waals surface area contributed by atoms with Gasteiger partial charge in [0.2, 0.25) is 0 Å². The van der Waals surface area contributed by atoms with Crippen LogP contribution in [0.25, 0.3) is 12.2 Å².